The lowest BCUT2D eigenvalue weighted by Gasteiger charge is -2.44. The number of methoxy groups -OCH3 is 1. The molecule has 0 aromatic rings. The van der Waals surface area contributed by atoms with Crippen LogP contribution in [0.1, 0.15) is 33.1 Å². The van der Waals surface area contributed by atoms with Gasteiger partial charge in [0.1, 0.15) is 0 Å². The van der Waals surface area contributed by atoms with Gasteiger partial charge in [-0.3, -0.25) is 9.80 Å². The molecule has 2 aliphatic heterocycles. The minimum atomic E-state index is 0.225. The predicted octanol–water partition coefficient (Wildman–Crippen LogP) is 0.909. The molecule has 4 heteroatoms. The SMILES string of the molecule is COC1CCN(C2(CN)CCN(C(C)C)C2)CC1. The Labute approximate surface area is 111 Å². The molecule has 0 saturated carbocycles. The Balaban J connectivity index is 1.97. The number of hydrogen-bond donors (Lipinski definition) is 1. The average Bonchev–Trinajstić information content (AvgIpc) is 2.85. The van der Waals surface area contributed by atoms with E-state index in [-0.39, 0.29) is 5.54 Å². The van der Waals surface area contributed by atoms with Gasteiger partial charge in [0.2, 0.25) is 0 Å². The molecule has 0 spiro atoms. The third-order valence-electron chi connectivity index (χ3n) is 4.92. The summed E-state index contributed by atoms with van der Waals surface area (Å²) in [6.45, 7) is 9.96. The Hall–Kier alpha value is -0.160. The Morgan fingerprint density at radius 3 is 2.39 bits per heavy atom. The van der Waals surface area contributed by atoms with Crippen LogP contribution in [-0.2, 0) is 4.74 Å². The number of nitrogens with zero attached hydrogens (tertiary/aromatic N) is 2. The highest BCUT2D eigenvalue weighted by atomic mass is 16.5. The van der Waals surface area contributed by atoms with Crippen LogP contribution in [0.15, 0.2) is 0 Å². The molecular weight excluding hydrogens is 226 g/mol. The van der Waals surface area contributed by atoms with Crippen molar-refractivity contribution in [3.05, 3.63) is 0 Å². The smallest absolute Gasteiger partial charge is 0.0595 e. The van der Waals surface area contributed by atoms with E-state index in [4.69, 9.17) is 10.5 Å². The summed E-state index contributed by atoms with van der Waals surface area (Å²) in [6.07, 6.45) is 3.98. The summed E-state index contributed by atoms with van der Waals surface area (Å²) in [5.41, 5.74) is 6.35. The van der Waals surface area contributed by atoms with Gasteiger partial charge in [-0.2, -0.15) is 0 Å². The molecule has 0 radical (unpaired) electrons. The van der Waals surface area contributed by atoms with Crippen LogP contribution in [0.3, 0.4) is 0 Å². The third kappa shape index (κ3) is 2.72. The van der Waals surface area contributed by atoms with Gasteiger partial charge in [0.05, 0.1) is 6.10 Å². The van der Waals surface area contributed by atoms with Gasteiger partial charge in [0.15, 0.2) is 0 Å². The minimum absolute atomic E-state index is 0.225. The van der Waals surface area contributed by atoms with E-state index in [1.807, 2.05) is 7.11 Å². The van der Waals surface area contributed by atoms with Crippen LogP contribution in [0.25, 0.3) is 0 Å². The first-order valence-corrected chi connectivity index (χ1v) is 7.33. The lowest BCUT2D eigenvalue weighted by atomic mass is 9.92. The molecule has 1 unspecified atom stereocenters. The number of hydrogen-bond acceptors (Lipinski definition) is 4. The Bertz CT molecular complexity index is 264. The van der Waals surface area contributed by atoms with Crippen LogP contribution in [0, 0.1) is 0 Å². The molecule has 2 N–H and O–H groups in total. The minimum Gasteiger partial charge on any atom is -0.381 e. The maximum atomic E-state index is 6.13. The summed E-state index contributed by atoms with van der Waals surface area (Å²) in [5, 5.41) is 0. The zero-order valence-corrected chi connectivity index (χ0v) is 12.2. The maximum Gasteiger partial charge on any atom is 0.0595 e. The molecule has 106 valence electrons. The quantitative estimate of drug-likeness (QED) is 0.811. The molecule has 1 atom stereocenters. The van der Waals surface area contributed by atoms with Crippen LogP contribution in [-0.4, -0.2) is 67.3 Å². The van der Waals surface area contributed by atoms with Crippen LogP contribution >= 0.6 is 0 Å². The normalized spacial score (nSPS) is 32.5. The summed E-state index contributed by atoms with van der Waals surface area (Å²) >= 11 is 0. The van der Waals surface area contributed by atoms with Crippen LogP contribution in [0.4, 0.5) is 0 Å². The number of rotatable bonds is 4. The highest BCUT2D eigenvalue weighted by Gasteiger charge is 2.43. The Kier molecular flexibility index (Phi) is 4.64. The van der Waals surface area contributed by atoms with Gasteiger partial charge in [0.25, 0.3) is 0 Å². The van der Waals surface area contributed by atoms with E-state index in [9.17, 15) is 0 Å². The van der Waals surface area contributed by atoms with Gasteiger partial charge >= 0.3 is 0 Å². The second-order valence-electron chi connectivity index (χ2n) is 6.16. The van der Waals surface area contributed by atoms with E-state index in [1.54, 1.807) is 0 Å². The predicted molar refractivity (Wildman–Crippen MR) is 74.7 cm³/mol. The lowest BCUT2D eigenvalue weighted by Crippen LogP contribution is -2.58. The summed E-state index contributed by atoms with van der Waals surface area (Å²) < 4.78 is 5.46. The summed E-state index contributed by atoms with van der Waals surface area (Å²) in [6, 6.07) is 0.634. The largest absolute Gasteiger partial charge is 0.381 e. The molecule has 0 amide bonds. The van der Waals surface area contributed by atoms with Crippen LogP contribution in [0.5, 0.6) is 0 Å². The first kappa shape index (κ1) is 14.3. The molecule has 0 aliphatic carbocycles. The Morgan fingerprint density at radius 2 is 1.94 bits per heavy atom. The van der Waals surface area contributed by atoms with Crippen molar-refractivity contribution in [2.24, 2.45) is 5.73 Å². The highest BCUT2D eigenvalue weighted by Crippen LogP contribution is 2.31. The van der Waals surface area contributed by atoms with Crippen molar-refractivity contribution < 1.29 is 4.74 Å². The molecule has 0 bridgehead atoms. The second kappa shape index (κ2) is 5.87. The standard InChI is InChI=1S/C14H29N3O/c1-12(2)16-9-6-14(10-15,11-16)17-7-4-13(18-3)5-8-17/h12-13H,4-11,15H2,1-3H3. The fourth-order valence-electron chi connectivity index (χ4n) is 3.45. The van der Waals surface area contributed by atoms with Gasteiger partial charge in [0, 0.05) is 51.4 Å². The van der Waals surface area contributed by atoms with Crippen LogP contribution in [0.2, 0.25) is 0 Å². The number of ether oxygens (including phenoxy) is 1. The zero-order chi connectivity index (χ0) is 13.2. The third-order valence-corrected chi connectivity index (χ3v) is 4.92. The average molecular weight is 255 g/mol. The molecule has 4 nitrogen and oxygen atoms in total. The van der Waals surface area contributed by atoms with E-state index in [0.29, 0.717) is 12.1 Å². The van der Waals surface area contributed by atoms with Crippen molar-refractivity contribution in [3.63, 3.8) is 0 Å². The van der Waals surface area contributed by atoms with Gasteiger partial charge in [-0.05, 0) is 33.1 Å². The molecule has 0 aromatic carbocycles. The topological polar surface area (TPSA) is 41.7 Å². The van der Waals surface area contributed by atoms with E-state index in [1.165, 1.54) is 13.0 Å². The molecule has 2 aliphatic rings. The van der Waals surface area contributed by atoms with Crippen molar-refractivity contribution in [1.29, 1.82) is 0 Å². The van der Waals surface area contributed by atoms with Crippen molar-refractivity contribution in [2.75, 3.05) is 39.8 Å². The summed E-state index contributed by atoms with van der Waals surface area (Å²) in [7, 11) is 1.83. The van der Waals surface area contributed by atoms with Crippen LogP contribution < -0.4 is 5.73 Å². The monoisotopic (exact) mass is 255 g/mol. The molecule has 18 heavy (non-hydrogen) atoms. The first-order valence-electron chi connectivity index (χ1n) is 7.33. The second-order valence-corrected chi connectivity index (χ2v) is 6.16. The van der Waals surface area contributed by atoms with E-state index in [2.05, 4.69) is 23.6 Å². The molecule has 2 heterocycles. The van der Waals surface area contributed by atoms with Crippen molar-refractivity contribution in [1.82, 2.24) is 9.80 Å². The van der Waals surface area contributed by atoms with E-state index < -0.39 is 0 Å². The van der Waals surface area contributed by atoms with Gasteiger partial charge in [-0.15, -0.1) is 0 Å². The fourth-order valence-corrected chi connectivity index (χ4v) is 3.45. The van der Waals surface area contributed by atoms with Gasteiger partial charge in [-0.1, -0.05) is 0 Å². The number of likely N-dealkylation sites (tertiary alicyclic amines) is 2. The summed E-state index contributed by atoms with van der Waals surface area (Å²) in [4.78, 5) is 5.19. The Morgan fingerprint density at radius 1 is 1.28 bits per heavy atom. The number of nitrogens with two attached hydrogens (primary N) is 1. The molecule has 2 rings (SSSR count). The van der Waals surface area contributed by atoms with Crippen molar-refractivity contribution in [2.45, 2.75) is 50.8 Å². The molecular formula is C14H29N3O. The lowest BCUT2D eigenvalue weighted by molar-refractivity contribution is -0.0000831. The van der Waals surface area contributed by atoms with Gasteiger partial charge < -0.3 is 10.5 Å². The number of piperidine rings is 1. The van der Waals surface area contributed by atoms with Crippen molar-refractivity contribution >= 4 is 0 Å². The molecule has 0 aromatic heterocycles. The van der Waals surface area contributed by atoms with Crippen molar-refractivity contribution in [3.8, 4) is 0 Å². The molecule has 2 saturated heterocycles. The highest BCUT2D eigenvalue weighted by molar-refractivity contribution is 5.01. The van der Waals surface area contributed by atoms with Gasteiger partial charge in [-0.25, -0.2) is 0 Å². The van der Waals surface area contributed by atoms with E-state index in [0.717, 1.165) is 39.0 Å². The first-order chi connectivity index (χ1) is 8.61. The summed E-state index contributed by atoms with van der Waals surface area (Å²) in [5.74, 6) is 0. The maximum absolute atomic E-state index is 6.13. The fraction of sp³-hybridized carbons (Fsp3) is 1.00. The van der Waals surface area contributed by atoms with E-state index >= 15 is 0 Å². The zero-order valence-electron chi connectivity index (χ0n) is 12.2. The molecule has 2 fully saturated rings.